The molecule has 0 fully saturated rings. The van der Waals surface area contributed by atoms with Crippen LogP contribution in [-0.4, -0.2) is 12.0 Å². The Morgan fingerprint density at radius 3 is 2.69 bits per heavy atom. The summed E-state index contributed by atoms with van der Waals surface area (Å²) in [6.07, 6.45) is 0. The molecule has 0 heterocycles. The van der Waals surface area contributed by atoms with Crippen LogP contribution in [0.4, 0.5) is 11.4 Å². The van der Waals surface area contributed by atoms with E-state index in [0.29, 0.717) is 0 Å². The zero-order chi connectivity index (χ0) is 9.84. The number of rotatable bonds is 3. The van der Waals surface area contributed by atoms with Crippen LogP contribution in [0.3, 0.4) is 0 Å². The lowest BCUT2D eigenvalue weighted by molar-refractivity contribution is -0.385. The third-order valence-corrected chi connectivity index (χ3v) is 1.46. The lowest BCUT2D eigenvalue weighted by Crippen LogP contribution is -1.92. The van der Waals surface area contributed by atoms with Gasteiger partial charge in [0.2, 0.25) is 0 Å². The molecule has 1 aromatic rings. The van der Waals surface area contributed by atoms with Gasteiger partial charge in [0, 0.05) is 6.07 Å². The highest BCUT2D eigenvalue weighted by Crippen LogP contribution is 2.30. The van der Waals surface area contributed by atoms with E-state index in [1.165, 1.54) is 19.2 Å². The topological polar surface area (TPSA) is 81.8 Å². The van der Waals surface area contributed by atoms with Crippen molar-refractivity contribution in [2.45, 2.75) is 0 Å². The summed E-state index contributed by atoms with van der Waals surface area (Å²) in [5.74, 6) is 0.109. The van der Waals surface area contributed by atoms with Crippen LogP contribution in [0.25, 0.3) is 0 Å². The Labute approximate surface area is 73.3 Å². The minimum absolute atomic E-state index is 0.00694. The van der Waals surface area contributed by atoms with Crippen molar-refractivity contribution in [2.75, 3.05) is 7.11 Å². The van der Waals surface area contributed by atoms with Gasteiger partial charge in [-0.05, 0) is 17.3 Å². The van der Waals surface area contributed by atoms with E-state index in [2.05, 4.69) is 5.18 Å². The van der Waals surface area contributed by atoms with Crippen LogP contribution >= 0.6 is 0 Å². The van der Waals surface area contributed by atoms with E-state index in [4.69, 9.17) is 4.74 Å². The Hall–Kier alpha value is -1.98. The molecule has 0 radical (unpaired) electrons. The number of nitroso groups, excluding NO2 is 1. The maximum atomic E-state index is 10.4. The number of nitrogens with zero attached hydrogens (tertiary/aromatic N) is 2. The van der Waals surface area contributed by atoms with Gasteiger partial charge >= 0.3 is 5.69 Å². The van der Waals surface area contributed by atoms with Gasteiger partial charge in [-0.15, -0.1) is 4.91 Å². The van der Waals surface area contributed by atoms with Crippen LogP contribution in [0.15, 0.2) is 23.4 Å². The molecule has 0 unspecified atom stereocenters. The Morgan fingerprint density at radius 2 is 2.23 bits per heavy atom. The molecule has 0 N–H and O–H groups in total. The van der Waals surface area contributed by atoms with Crippen LogP contribution in [-0.2, 0) is 0 Å². The average Bonchev–Trinajstić information content (AvgIpc) is 2.16. The predicted octanol–water partition coefficient (Wildman–Crippen LogP) is 2.00. The van der Waals surface area contributed by atoms with Gasteiger partial charge in [0.25, 0.3) is 0 Å². The number of benzene rings is 1. The molecule has 0 aliphatic carbocycles. The quantitative estimate of drug-likeness (QED) is 0.406. The minimum Gasteiger partial charge on any atom is -0.490 e. The lowest BCUT2D eigenvalue weighted by atomic mass is 10.2. The second-order valence-electron chi connectivity index (χ2n) is 2.20. The van der Waals surface area contributed by atoms with Gasteiger partial charge in [0.15, 0.2) is 5.75 Å². The first-order chi connectivity index (χ1) is 6.19. The number of hydrogen-bond acceptors (Lipinski definition) is 5. The summed E-state index contributed by atoms with van der Waals surface area (Å²) in [5.41, 5.74) is -0.257. The third-order valence-electron chi connectivity index (χ3n) is 1.46. The summed E-state index contributed by atoms with van der Waals surface area (Å²) < 4.78 is 4.72. The third kappa shape index (κ3) is 1.78. The second-order valence-corrected chi connectivity index (χ2v) is 2.20. The largest absolute Gasteiger partial charge is 0.490 e. The SMILES string of the molecule is COc1ccc(N=O)cc1[N+](=O)[O-]. The maximum Gasteiger partial charge on any atom is 0.313 e. The van der Waals surface area contributed by atoms with Crippen LogP contribution in [0.2, 0.25) is 0 Å². The molecule has 0 saturated heterocycles. The normalized spacial score (nSPS) is 9.31. The molecule has 68 valence electrons. The van der Waals surface area contributed by atoms with Crippen LogP contribution in [0.1, 0.15) is 0 Å². The molecule has 0 atom stereocenters. The molecule has 6 heteroatoms. The first-order valence-corrected chi connectivity index (χ1v) is 3.35. The smallest absolute Gasteiger partial charge is 0.313 e. The van der Waals surface area contributed by atoms with E-state index >= 15 is 0 Å². The van der Waals surface area contributed by atoms with E-state index in [9.17, 15) is 15.0 Å². The summed E-state index contributed by atoms with van der Waals surface area (Å²) in [6.45, 7) is 0. The molecule has 1 rings (SSSR count). The average molecular weight is 182 g/mol. The van der Waals surface area contributed by atoms with Gasteiger partial charge in [-0.3, -0.25) is 10.1 Å². The van der Waals surface area contributed by atoms with Crippen molar-refractivity contribution in [3.05, 3.63) is 33.2 Å². The molecule has 0 spiro atoms. The fourth-order valence-electron chi connectivity index (χ4n) is 0.878. The zero-order valence-corrected chi connectivity index (χ0v) is 6.76. The standard InChI is InChI=1S/C7H6N2O4/c1-13-7-3-2-5(8-10)4-6(7)9(11)12/h2-4H,1H3. The molecule has 13 heavy (non-hydrogen) atoms. The molecular weight excluding hydrogens is 176 g/mol. The summed E-state index contributed by atoms with van der Waals surface area (Å²) in [7, 11) is 1.32. The first-order valence-electron chi connectivity index (χ1n) is 3.35. The summed E-state index contributed by atoms with van der Waals surface area (Å²) in [4.78, 5) is 19.9. The fourth-order valence-corrected chi connectivity index (χ4v) is 0.878. The predicted molar refractivity (Wildman–Crippen MR) is 45.1 cm³/mol. The van der Waals surface area contributed by atoms with Gasteiger partial charge in [-0.25, -0.2) is 0 Å². The van der Waals surface area contributed by atoms with Gasteiger partial charge in [0.1, 0.15) is 5.69 Å². The van der Waals surface area contributed by atoms with Crippen molar-refractivity contribution in [3.8, 4) is 5.75 Å². The van der Waals surface area contributed by atoms with Gasteiger partial charge in [-0.2, -0.15) is 0 Å². The van der Waals surface area contributed by atoms with E-state index in [1.807, 2.05) is 0 Å². The summed E-state index contributed by atoms with van der Waals surface area (Å²) in [6, 6.07) is 3.74. The van der Waals surface area contributed by atoms with Gasteiger partial charge < -0.3 is 4.74 Å². The van der Waals surface area contributed by atoms with Gasteiger partial charge in [0.05, 0.1) is 12.0 Å². The van der Waals surface area contributed by atoms with Crippen molar-refractivity contribution in [1.82, 2.24) is 0 Å². The van der Waals surface area contributed by atoms with Crippen molar-refractivity contribution >= 4 is 11.4 Å². The van der Waals surface area contributed by atoms with E-state index in [0.717, 1.165) is 6.07 Å². The molecule has 0 bridgehead atoms. The number of hydrogen-bond donors (Lipinski definition) is 0. The molecule has 0 saturated carbocycles. The minimum atomic E-state index is -0.631. The molecule has 0 aliphatic heterocycles. The summed E-state index contributed by atoms with van der Waals surface area (Å²) in [5, 5.41) is 13.0. The van der Waals surface area contributed by atoms with Crippen molar-refractivity contribution < 1.29 is 9.66 Å². The number of ether oxygens (including phenoxy) is 1. The maximum absolute atomic E-state index is 10.4. The zero-order valence-electron chi connectivity index (χ0n) is 6.76. The van der Waals surface area contributed by atoms with E-state index < -0.39 is 4.92 Å². The number of nitro benzene ring substituents is 1. The van der Waals surface area contributed by atoms with Crippen LogP contribution in [0, 0.1) is 15.0 Å². The van der Waals surface area contributed by atoms with E-state index in [1.54, 1.807) is 0 Å². The molecular formula is C7H6N2O4. The molecule has 1 aromatic carbocycles. The number of nitro groups is 1. The molecule has 0 aromatic heterocycles. The Balaban J connectivity index is 3.25. The first kappa shape index (κ1) is 9.11. The van der Waals surface area contributed by atoms with E-state index in [-0.39, 0.29) is 17.1 Å². The van der Waals surface area contributed by atoms with Crippen molar-refractivity contribution in [1.29, 1.82) is 0 Å². The highest BCUT2D eigenvalue weighted by atomic mass is 16.6. The number of methoxy groups -OCH3 is 1. The molecule has 0 amide bonds. The summed E-state index contributed by atoms with van der Waals surface area (Å²) >= 11 is 0. The fraction of sp³-hybridized carbons (Fsp3) is 0.143. The van der Waals surface area contributed by atoms with Gasteiger partial charge in [-0.1, -0.05) is 0 Å². The van der Waals surface area contributed by atoms with Crippen molar-refractivity contribution in [3.63, 3.8) is 0 Å². The highest BCUT2D eigenvalue weighted by molar-refractivity contribution is 5.55. The van der Waals surface area contributed by atoms with Crippen LogP contribution in [0.5, 0.6) is 5.75 Å². The van der Waals surface area contributed by atoms with Crippen LogP contribution < -0.4 is 4.74 Å². The Kier molecular flexibility index (Phi) is 2.53. The lowest BCUT2D eigenvalue weighted by Gasteiger charge is -1.99. The molecule has 6 nitrogen and oxygen atoms in total. The van der Waals surface area contributed by atoms with Crippen molar-refractivity contribution in [2.24, 2.45) is 5.18 Å². The Bertz CT molecular complexity index is 350. The second kappa shape index (κ2) is 3.61. The molecule has 0 aliphatic rings. The Morgan fingerprint density at radius 1 is 1.54 bits per heavy atom. The monoisotopic (exact) mass is 182 g/mol. The highest BCUT2D eigenvalue weighted by Gasteiger charge is 2.14.